The fourth-order valence-electron chi connectivity index (χ4n) is 2.63. The minimum absolute atomic E-state index is 0.203. The molecular weight excluding hydrogens is 228 g/mol. The molecule has 1 rings (SSSR count). The largest absolute Gasteiger partial charge is 0.396 e. The number of nitrogens with one attached hydrogen (secondary N) is 2. The molecule has 4 nitrogen and oxygen atoms in total. The number of aliphatic hydroxyl groups is 1. The number of amides is 1. The molecule has 1 atom stereocenters. The van der Waals surface area contributed by atoms with Gasteiger partial charge in [-0.25, -0.2) is 0 Å². The lowest BCUT2D eigenvalue weighted by Crippen LogP contribution is -2.46. The van der Waals surface area contributed by atoms with Crippen LogP contribution in [0, 0.1) is 11.3 Å². The monoisotopic (exact) mass is 256 g/mol. The predicted molar refractivity (Wildman–Crippen MR) is 73.3 cm³/mol. The summed E-state index contributed by atoms with van der Waals surface area (Å²) < 4.78 is 0. The van der Waals surface area contributed by atoms with E-state index in [4.69, 9.17) is 5.11 Å². The van der Waals surface area contributed by atoms with E-state index in [2.05, 4.69) is 24.5 Å². The molecule has 1 saturated heterocycles. The Hall–Kier alpha value is -0.610. The maximum absolute atomic E-state index is 12.3. The molecule has 0 bridgehead atoms. The first kappa shape index (κ1) is 15.4. The minimum Gasteiger partial charge on any atom is -0.396 e. The first-order valence-corrected chi connectivity index (χ1v) is 7.23. The zero-order valence-electron chi connectivity index (χ0n) is 11.8. The minimum atomic E-state index is -0.203. The number of carbonyl (C=O) groups is 1. The fraction of sp³-hybridized carbons (Fsp3) is 0.929. The number of hydrogen-bond donors (Lipinski definition) is 3. The van der Waals surface area contributed by atoms with Gasteiger partial charge >= 0.3 is 0 Å². The van der Waals surface area contributed by atoms with Crippen LogP contribution in [0.2, 0.25) is 0 Å². The molecule has 1 aliphatic rings. The first-order chi connectivity index (χ1) is 8.63. The zero-order chi connectivity index (χ0) is 13.4. The summed E-state index contributed by atoms with van der Waals surface area (Å²) in [5.41, 5.74) is -0.203. The standard InChI is InChI=1S/C14H28N2O2/c1-12(2)14(7-9-15-11-14)13(18)16-8-5-3-4-6-10-17/h12,15,17H,3-11H2,1-2H3,(H,16,18). The van der Waals surface area contributed by atoms with E-state index in [0.717, 1.165) is 51.7 Å². The van der Waals surface area contributed by atoms with Gasteiger partial charge in [0.1, 0.15) is 0 Å². The van der Waals surface area contributed by atoms with Gasteiger partial charge < -0.3 is 15.7 Å². The number of unbranched alkanes of at least 4 members (excludes halogenated alkanes) is 3. The molecule has 0 radical (unpaired) electrons. The Bertz CT molecular complexity index is 248. The van der Waals surface area contributed by atoms with Gasteiger partial charge in [-0.2, -0.15) is 0 Å². The molecule has 1 amide bonds. The van der Waals surface area contributed by atoms with E-state index in [1.807, 2.05) is 0 Å². The average molecular weight is 256 g/mol. The van der Waals surface area contributed by atoms with Gasteiger partial charge in [0.05, 0.1) is 5.41 Å². The highest BCUT2D eigenvalue weighted by molar-refractivity contribution is 5.83. The molecule has 0 aliphatic carbocycles. The van der Waals surface area contributed by atoms with Crippen molar-refractivity contribution in [1.29, 1.82) is 0 Å². The maximum Gasteiger partial charge on any atom is 0.227 e. The molecule has 1 aliphatic heterocycles. The summed E-state index contributed by atoms with van der Waals surface area (Å²) in [5.74, 6) is 0.589. The molecular formula is C14H28N2O2. The van der Waals surface area contributed by atoms with Gasteiger partial charge in [0.25, 0.3) is 0 Å². The Labute approximate surface area is 111 Å². The normalized spacial score (nSPS) is 23.6. The number of aliphatic hydroxyl groups excluding tert-OH is 1. The lowest BCUT2D eigenvalue weighted by molar-refractivity contribution is -0.132. The van der Waals surface area contributed by atoms with Crippen molar-refractivity contribution in [3.63, 3.8) is 0 Å². The van der Waals surface area contributed by atoms with Crippen LogP contribution in [0.25, 0.3) is 0 Å². The van der Waals surface area contributed by atoms with E-state index in [0.29, 0.717) is 5.92 Å². The van der Waals surface area contributed by atoms with Crippen LogP contribution >= 0.6 is 0 Å². The van der Waals surface area contributed by atoms with Crippen LogP contribution in [0.4, 0.5) is 0 Å². The highest BCUT2D eigenvalue weighted by atomic mass is 16.2. The van der Waals surface area contributed by atoms with Gasteiger partial charge in [-0.15, -0.1) is 0 Å². The van der Waals surface area contributed by atoms with Gasteiger partial charge in [0, 0.05) is 19.7 Å². The van der Waals surface area contributed by atoms with Crippen molar-refractivity contribution in [3.05, 3.63) is 0 Å². The highest BCUT2D eigenvalue weighted by Crippen LogP contribution is 2.34. The zero-order valence-corrected chi connectivity index (χ0v) is 11.8. The Morgan fingerprint density at radius 2 is 2.06 bits per heavy atom. The lowest BCUT2D eigenvalue weighted by atomic mass is 9.75. The van der Waals surface area contributed by atoms with Crippen LogP contribution < -0.4 is 10.6 Å². The van der Waals surface area contributed by atoms with Crippen molar-refractivity contribution >= 4 is 5.91 Å². The van der Waals surface area contributed by atoms with Gasteiger partial charge in [-0.1, -0.05) is 26.7 Å². The molecule has 1 heterocycles. The second-order valence-corrected chi connectivity index (χ2v) is 5.63. The summed E-state index contributed by atoms with van der Waals surface area (Å²) in [7, 11) is 0. The number of hydrogen-bond acceptors (Lipinski definition) is 3. The quantitative estimate of drug-likeness (QED) is 0.574. The highest BCUT2D eigenvalue weighted by Gasteiger charge is 2.43. The van der Waals surface area contributed by atoms with Crippen LogP contribution in [0.5, 0.6) is 0 Å². The topological polar surface area (TPSA) is 61.4 Å². The Morgan fingerprint density at radius 3 is 2.61 bits per heavy atom. The SMILES string of the molecule is CC(C)C1(C(=O)NCCCCCCO)CCNC1. The van der Waals surface area contributed by atoms with Crippen molar-refractivity contribution < 1.29 is 9.90 Å². The van der Waals surface area contributed by atoms with Gasteiger partial charge in [0.15, 0.2) is 0 Å². The molecule has 1 unspecified atom stereocenters. The average Bonchev–Trinajstić information content (AvgIpc) is 2.84. The molecule has 1 fully saturated rings. The van der Waals surface area contributed by atoms with Gasteiger partial charge in [0.2, 0.25) is 5.91 Å². The third kappa shape index (κ3) is 3.95. The number of rotatable bonds is 8. The molecule has 3 N–H and O–H groups in total. The molecule has 0 spiro atoms. The summed E-state index contributed by atoms with van der Waals surface area (Å²) in [6, 6.07) is 0. The molecule has 0 aromatic carbocycles. The van der Waals surface area contributed by atoms with Crippen molar-refractivity contribution in [2.24, 2.45) is 11.3 Å². The van der Waals surface area contributed by atoms with Crippen molar-refractivity contribution in [1.82, 2.24) is 10.6 Å². The lowest BCUT2D eigenvalue weighted by Gasteiger charge is -2.31. The summed E-state index contributed by atoms with van der Waals surface area (Å²) in [6.45, 7) is 7.05. The van der Waals surface area contributed by atoms with Crippen molar-refractivity contribution in [2.75, 3.05) is 26.2 Å². The molecule has 0 aromatic heterocycles. The molecule has 4 heteroatoms. The third-order valence-corrected chi connectivity index (χ3v) is 4.12. The second kappa shape index (κ2) is 7.74. The summed E-state index contributed by atoms with van der Waals surface area (Å²) >= 11 is 0. The van der Waals surface area contributed by atoms with Crippen LogP contribution in [0.15, 0.2) is 0 Å². The Kier molecular flexibility index (Phi) is 6.65. The van der Waals surface area contributed by atoms with E-state index >= 15 is 0 Å². The Morgan fingerprint density at radius 1 is 1.33 bits per heavy atom. The predicted octanol–water partition coefficient (Wildman–Crippen LogP) is 1.29. The van der Waals surface area contributed by atoms with Crippen LogP contribution in [0.1, 0.15) is 46.0 Å². The van der Waals surface area contributed by atoms with E-state index in [-0.39, 0.29) is 17.9 Å². The first-order valence-electron chi connectivity index (χ1n) is 7.23. The fourth-order valence-corrected chi connectivity index (χ4v) is 2.63. The molecule has 0 saturated carbocycles. The van der Waals surface area contributed by atoms with E-state index in [1.165, 1.54) is 0 Å². The van der Waals surface area contributed by atoms with Gasteiger partial charge in [-0.3, -0.25) is 4.79 Å². The van der Waals surface area contributed by atoms with Gasteiger partial charge in [-0.05, 0) is 31.7 Å². The second-order valence-electron chi connectivity index (χ2n) is 5.63. The van der Waals surface area contributed by atoms with Crippen LogP contribution in [-0.2, 0) is 4.79 Å². The van der Waals surface area contributed by atoms with E-state index in [9.17, 15) is 4.79 Å². The van der Waals surface area contributed by atoms with Crippen LogP contribution in [-0.4, -0.2) is 37.3 Å². The Balaban J connectivity index is 2.26. The van der Waals surface area contributed by atoms with Crippen molar-refractivity contribution in [3.8, 4) is 0 Å². The number of carbonyl (C=O) groups excluding carboxylic acids is 1. The van der Waals surface area contributed by atoms with Crippen molar-refractivity contribution in [2.45, 2.75) is 46.0 Å². The third-order valence-electron chi connectivity index (χ3n) is 4.12. The summed E-state index contributed by atoms with van der Waals surface area (Å²) in [4.78, 5) is 12.3. The summed E-state index contributed by atoms with van der Waals surface area (Å²) in [5, 5.41) is 15.1. The molecule has 18 heavy (non-hydrogen) atoms. The molecule has 106 valence electrons. The van der Waals surface area contributed by atoms with E-state index in [1.54, 1.807) is 0 Å². The molecule has 0 aromatic rings. The smallest absolute Gasteiger partial charge is 0.227 e. The summed E-state index contributed by atoms with van der Waals surface area (Å²) in [6.07, 6.45) is 4.94. The van der Waals surface area contributed by atoms with Crippen LogP contribution in [0.3, 0.4) is 0 Å². The van der Waals surface area contributed by atoms with E-state index < -0.39 is 0 Å². The maximum atomic E-state index is 12.3.